The Bertz CT molecular complexity index is 842. The molecule has 0 aliphatic heterocycles. The van der Waals surface area contributed by atoms with Crippen molar-refractivity contribution in [2.45, 2.75) is 6.54 Å². The maximum atomic E-state index is 10.5. The fraction of sp³-hybridized carbons (Fsp3) is 0.0714. The van der Waals surface area contributed by atoms with Crippen molar-refractivity contribution in [2.75, 3.05) is 0 Å². The van der Waals surface area contributed by atoms with Crippen LogP contribution in [0.2, 0.25) is 0 Å². The summed E-state index contributed by atoms with van der Waals surface area (Å²) in [6.45, 7) is 0.257. The number of azo groups is 1. The molecule has 108 valence electrons. The van der Waals surface area contributed by atoms with Gasteiger partial charge in [0.2, 0.25) is 0 Å². The Labute approximate surface area is 124 Å². The van der Waals surface area contributed by atoms with Gasteiger partial charge in [0.15, 0.2) is 5.82 Å². The van der Waals surface area contributed by atoms with Gasteiger partial charge in [-0.15, -0.1) is 5.11 Å². The number of aromatic nitrogens is 3. The molecule has 8 nitrogen and oxygen atoms in total. The molecule has 0 bridgehead atoms. The van der Waals surface area contributed by atoms with Crippen LogP contribution in [0.4, 0.5) is 11.5 Å². The molecule has 0 unspecified atom stereocenters. The monoisotopic (exact) mass is 294 g/mol. The Morgan fingerprint density at radius 3 is 2.77 bits per heavy atom. The van der Waals surface area contributed by atoms with Crippen LogP contribution in [-0.4, -0.2) is 20.1 Å². The lowest BCUT2D eigenvalue weighted by atomic mass is 10.1. The van der Waals surface area contributed by atoms with E-state index in [1.165, 1.54) is 12.1 Å². The summed E-state index contributed by atoms with van der Waals surface area (Å²) in [7, 11) is 0. The summed E-state index contributed by atoms with van der Waals surface area (Å²) in [6.07, 6.45) is 2.83. The number of pyridine rings is 1. The zero-order valence-corrected chi connectivity index (χ0v) is 11.3. The molecular weight excluding hydrogens is 284 g/mol. The second-order valence-electron chi connectivity index (χ2n) is 4.41. The van der Waals surface area contributed by atoms with Crippen molar-refractivity contribution in [1.29, 1.82) is 0 Å². The minimum absolute atomic E-state index is 0.0844. The first kappa shape index (κ1) is 13.7. The molecule has 0 aliphatic rings. The van der Waals surface area contributed by atoms with E-state index in [-0.39, 0.29) is 12.2 Å². The van der Waals surface area contributed by atoms with Gasteiger partial charge in [0.25, 0.3) is 5.69 Å². The van der Waals surface area contributed by atoms with Crippen LogP contribution in [0, 0.1) is 10.1 Å². The molecule has 0 saturated heterocycles. The molecule has 0 amide bonds. The lowest BCUT2D eigenvalue weighted by Gasteiger charge is -2.00. The Morgan fingerprint density at radius 2 is 2.00 bits per heavy atom. The highest BCUT2D eigenvalue weighted by Gasteiger charge is 2.05. The molecule has 0 radical (unpaired) electrons. The quantitative estimate of drug-likeness (QED) is 0.417. The molecule has 2 aromatic heterocycles. The van der Waals surface area contributed by atoms with E-state index < -0.39 is 4.92 Å². The number of hydrogen-bond donors (Lipinski definition) is 0. The van der Waals surface area contributed by atoms with Crippen molar-refractivity contribution in [3.05, 3.63) is 64.6 Å². The van der Waals surface area contributed by atoms with E-state index in [9.17, 15) is 10.1 Å². The van der Waals surface area contributed by atoms with Gasteiger partial charge in [-0.25, -0.2) is 4.98 Å². The second-order valence-corrected chi connectivity index (χ2v) is 4.41. The summed E-state index contributed by atoms with van der Waals surface area (Å²) in [5.74, 6) is 0.304. The fourth-order valence-corrected chi connectivity index (χ4v) is 1.92. The average Bonchev–Trinajstić information content (AvgIpc) is 2.55. The maximum absolute atomic E-state index is 10.5. The number of hydrogen-bond acceptors (Lipinski definition) is 7. The molecule has 0 saturated carbocycles. The smallest absolute Gasteiger partial charge is 0.258 e. The highest BCUT2D eigenvalue weighted by atomic mass is 16.6. The first-order valence-corrected chi connectivity index (χ1v) is 6.41. The Kier molecular flexibility index (Phi) is 3.73. The molecule has 0 atom stereocenters. The topological polar surface area (TPSA) is 107 Å². The standard InChI is InChI=1S/C14H10N6O2/c21-20(22)11-5-6-14(15-8-11)19-17-9-13-12-4-2-1-3-10(12)7-16-18-13/h1-8H,9H2. The molecule has 0 spiro atoms. The van der Waals surface area contributed by atoms with E-state index in [0.717, 1.165) is 17.0 Å². The van der Waals surface area contributed by atoms with Gasteiger partial charge >= 0.3 is 0 Å². The lowest BCUT2D eigenvalue weighted by Crippen LogP contribution is -1.92. The van der Waals surface area contributed by atoms with Crippen molar-refractivity contribution in [2.24, 2.45) is 10.2 Å². The maximum Gasteiger partial charge on any atom is 0.287 e. The Morgan fingerprint density at radius 1 is 1.14 bits per heavy atom. The zero-order chi connectivity index (χ0) is 15.4. The number of fused-ring (bicyclic) bond motifs is 1. The van der Waals surface area contributed by atoms with E-state index in [4.69, 9.17) is 0 Å². The van der Waals surface area contributed by atoms with Crippen LogP contribution in [0.5, 0.6) is 0 Å². The minimum Gasteiger partial charge on any atom is -0.258 e. The van der Waals surface area contributed by atoms with E-state index in [1.54, 1.807) is 6.20 Å². The Hall–Kier alpha value is -3.29. The number of rotatable bonds is 4. The molecule has 3 rings (SSSR count). The molecular formula is C14H10N6O2. The van der Waals surface area contributed by atoms with Crippen LogP contribution in [0.15, 0.2) is 59.0 Å². The molecule has 0 fully saturated rings. The number of nitro groups is 1. The van der Waals surface area contributed by atoms with Crippen LogP contribution in [0.25, 0.3) is 10.8 Å². The van der Waals surface area contributed by atoms with Gasteiger partial charge in [-0.05, 0) is 6.07 Å². The third kappa shape index (κ3) is 2.90. The van der Waals surface area contributed by atoms with Crippen molar-refractivity contribution in [1.82, 2.24) is 15.2 Å². The third-order valence-corrected chi connectivity index (χ3v) is 2.98. The molecule has 2 heterocycles. The fourth-order valence-electron chi connectivity index (χ4n) is 1.92. The predicted octanol–water partition coefficient (Wildman–Crippen LogP) is 3.22. The van der Waals surface area contributed by atoms with Gasteiger partial charge in [0.1, 0.15) is 12.7 Å². The SMILES string of the molecule is O=[N+]([O-])c1ccc(N=NCc2nncc3ccccc23)nc1. The molecule has 0 aliphatic carbocycles. The molecule has 8 heteroatoms. The summed E-state index contributed by atoms with van der Waals surface area (Å²) in [5, 5.41) is 28.4. The van der Waals surface area contributed by atoms with Gasteiger partial charge in [-0.3, -0.25) is 10.1 Å². The van der Waals surface area contributed by atoms with Crippen molar-refractivity contribution in [3.63, 3.8) is 0 Å². The summed E-state index contributed by atoms with van der Waals surface area (Å²) in [6, 6.07) is 10.5. The van der Waals surface area contributed by atoms with Crippen molar-refractivity contribution >= 4 is 22.3 Å². The molecule has 3 aromatic rings. The van der Waals surface area contributed by atoms with E-state index in [2.05, 4.69) is 25.4 Å². The lowest BCUT2D eigenvalue weighted by molar-refractivity contribution is -0.385. The molecule has 22 heavy (non-hydrogen) atoms. The summed E-state index contributed by atoms with van der Waals surface area (Å²) < 4.78 is 0. The van der Waals surface area contributed by atoms with E-state index in [1.807, 2.05) is 24.3 Å². The first-order chi connectivity index (χ1) is 10.7. The largest absolute Gasteiger partial charge is 0.287 e. The third-order valence-electron chi connectivity index (χ3n) is 2.98. The minimum atomic E-state index is -0.514. The van der Waals surface area contributed by atoms with Crippen LogP contribution in [0.3, 0.4) is 0 Å². The predicted molar refractivity (Wildman–Crippen MR) is 78.6 cm³/mol. The van der Waals surface area contributed by atoms with Gasteiger partial charge in [-0.2, -0.15) is 15.3 Å². The van der Waals surface area contributed by atoms with Crippen LogP contribution >= 0.6 is 0 Å². The van der Waals surface area contributed by atoms with E-state index in [0.29, 0.717) is 11.5 Å². The average molecular weight is 294 g/mol. The van der Waals surface area contributed by atoms with Gasteiger partial charge < -0.3 is 0 Å². The summed E-state index contributed by atoms with van der Waals surface area (Å²) >= 11 is 0. The second kappa shape index (κ2) is 6.00. The highest BCUT2D eigenvalue weighted by Crippen LogP contribution is 2.17. The molecule has 0 N–H and O–H groups in total. The van der Waals surface area contributed by atoms with Gasteiger partial charge in [0.05, 0.1) is 16.8 Å². The normalized spacial score (nSPS) is 11.1. The Balaban J connectivity index is 1.77. The van der Waals surface area contributed by atoms with Crippen LogP contribution < -0.4 is 0 Å². The summed E-state index contributed by atoms with van der Waals surface area (Å²) in [5.41, 5.74) is 0.627. The van der Waals surface area contributed by atoms with Gasteiger partial charge in [0, 0.05) is 16.8 Å². The summed E-state index contributed by atoms with van der Waals surface area (Å²) in [4.78, 5) is 13.9. The van der Waals surface area contributed by atoms with Crippen molar-refractivity contribution in [3.8, 4) is 0 Å². The first-order valence-electron chi connectivity index (χ1n) is 6.41. The van der Waals surface area contributed by atoms with Crippen LogP contribution in [0.1, 0.15) is 5.69 Å². The van der Waals surface area contributed by atoms with Crippen molar-refractivity contribution < 1.29 is 4.92 Å². The van der Waals surface area contributed by atoms with Crippen LogP contribution in [-0.2, 0) is 6.54 Å². The number of nitrogens with zero attached hydrogens (tertiary/aromatic N) is 6. The molecule has 1 aromatic carbocycles. The number of benzene rings is 1. The van der Waals surface area contributed by atoms with E-state index >= 15 is 0 Å². The highest BCUT2D eigenvalue weighted by molar-refractivity contribution is 5.83. The van der Waals surface area contributed by atoms with Gasteiger partial charge in [-0.1, -0.05) is 24.3 Å². The zero-order valence-electron chi connectivity index (χ0n) is 11.3.